The molecule has 0 bridgehead atoms. The number of unbranched alkanes of at least 4 members (excludes halogenated alkanes) is 24. The molecule has 2 aliphatic carbocycles. The Morgan fingerprint density at radius 2 is 0.926 bits per heavy atom. The van der Waals surface area contributed by atoms with Gasteiger partial charge in [-0.15, -0.1) is 45.3 Å². The summed E-state index contributed by atoms with van der Waals surface area (Å²) in [5.74, 6) is -5.87. The van der Waals surface area contributed by atoms with Gasteiger partial charge in [-0.1, -0.05) is 221 Å². The third kappa shape index (κ3) is 16.7. The van der Waals surface area contributed by atoms with E-state index in [9.17, 15) is 14.9 Å². The zero-order valence-corrected chi connectivity index (χ0v) is 68.8. The number of aromatic nitrogens is 4. The number of hydrogen-bond acceptors (Lipinski definition) is 10. The van der Waals surface area contributed by atoms with E-state index in [1.165, 1.54) is 139 Å². The van der Waals surface area contributed by atoms with E-state index in [4.69, 9.17) is 21.9 Å². The molecule has 0 saturated heterocycles. The number of rotatable bonds is 43. The Hall–Kier alpha value is -6.85. The number of Topliss-reactive ketones (excluding diaryl/α,β-unsaturated/α-hetero) is 2. The summed E-state index contributed by atoms with van der Waals surface area (Å²) in [6.45, 7) is 33.3. The fourth-order valence-electron chi connectivity index (χ4n) is 17.6. The van der Waals surface area contributed by atoms with Crippen molar-refractivity contribution in [2.24, 2.45) is 17.8 Å². The highest BCUT2D eigenvalue weighted by Crippen LogP contribution is 2.57. The van der Waals surface area contributed by atoms with Crippen LogP contribution in [-0.2, 0) is 32.4 Å². The van der Waals surface area contributed by atoms with E-state index in [-0.39, 0.29) is 51.2 Å². The molecule has 9 nitrogen and oxygen atoms in total. The molecular formula is C90H107F4N7O2S5. The zero-order valence-electron chi connectivity index (χ0n) is 64.7. The molecule has 108 heavy (non-hydrogen) atoms. The highest BCUT2D eigenvalue weighted by Gasteiger charge is 2.43. The minimum absolute atomic E-state index is 0.00780. The fraction of sp³-hybridized carbons (Fsp3) is 0.544. The van der Waals surface area contributed by atoms with Gasteiger partial charge in [-0.25, -0.2) is 17.6 Å². The van der Waals surface area contributed by atoms with Gasteiger partial charge >= 0.3 is 5.82 Å². The molecule has 3 aromatic carbocycles. The van der Waals surface area contributed by atoms with Crippen molar-refractivity contribution in [3.05, 3.63) is 130 Å². The molecule has 0 aliphatic heterocycles. The third-order valence-electron chi connectivity index (χ3n) is 23.3. The topological polar surface area (TPSA) is 102 Å². The number of thiophene rings is 4. The van der Waals surface area contributed by atoms with Gasteiger partial charge in [0.2, 0.25) is 0 Å². The lowest BCUT2D eigenvalue weighted by atomic mass is 9.92. The summed E-state index contributed by atoms with van der Waals surface area (Å²) in [6.07, 6.45) is 42.5. The van der Waals surface area contributed by atoms with Gasteiger partial charge in [0.1, 0.15) is 24.2 Å². The summed E-state index contributed by atoms with van der Waals surface area (Å²) < 4.78 is 84.5. The van der Waals surface area contributed by atoms with Crippen LogP contribution in [-0.4, -0.2) is 29.4 Å². The molecule has 10 aromatic rings. The van der Waals surface area contributed by atoms with Crippen LogP contribution in [0.5, 0.6) is 0 Å². The summed E-state index contributed by atoms with van der Waals surface area (Å²) in [5, 5.41) is 12.8. The van der Waals surface area contributed by atoms with Crippen molar-refractivity contribution in [3.8, 4) is 6.07 Å². The van der Waals surface area contributed by atoms with Crippen LogP contribution < -0.4 is 0 Å². The second-order valence-electron chi connectivity index (χ2n) is 31.0. The lowest BCUT2D eigenvalue weighted by molar-refractivity contribution is 0.0957. The van der Waals surface area contributed by atoms with Crippen LogP contribution in [0.25, 0.3) is 99.0 Å². The number of ketones is 2. The van der Waals surface area contributed by atoms with Crippen LogP contribution >= 0.6 is 57.1 Å². The maximum absolute atomic E-state index is 15.4. The molecule has 2 aliphatic rings. The quantitative estimate of drug-likeness (QED) is 0.0125. The Kier molecular flexibility index (Phi) is 28.3. The number of hydrogen-bond donors (Lipinski definition) is 0. The summed E-state index contributed by atoms with van der Waals surface area (Å²) in [4.78, 5) is 39.1. The van der Waals surface area contributed by atoms with Crippen LogP contribution in [0, 0.1) is 65.5 Å². The standard InChI is InChI=1S/C90H107F4N7O2S5/c1-10-16-22-26-28-30-32-34-38-44-58-70(50-64-72(55(7)52-95)60-46-66(91)68(93)48-62(60)82(64)102)104-88-80-86(106-84(58)88)74-76-77(99-108-98-76)75-79(78(74)100(80)53-56(40-20-14-5)42-36-24-18-12-3)101(54-57(41-21-15-6)43-37-25-19-13-4)81-87(75)107-85-59(45-39-35-33-31-29-27-23-17-11-2)71(105-89(81)85)51-65-73(90(96-8)97-9)61-47-67(92)69(94)49-63(61)83(65)103/h46-50,56-57,65H,10-45,51,53-54H2,1-7H3/b64-50-,72-55-. The van der Waals surface area contributed by atoms with Gasteiger partial charge in [0.15, 0.2) is 34.8 Å². The molecule has 0 saturated carbocycles. The molecule has 0 N–H and O–H groups in total. The summed E-state index contributed by atoms with van der Waals surface area (Å²) in [5.41, 5.74) is 10.2. The smallest absolute Gasteiger partial charge is 0.337 e. The van der Waals surface area contributed by atoms with Crippen LogP contribution in [0.2, 0.25) is 0 Å². The number of benzene rings is 3. The Morgan fingerprint density at radius 3 is 1.41 bits per heavy atom. The van der Waals surface area contributed by atoms with Crippen molar-refractivity contribution in [3.63, 3.8) is 0 Å². The van der Waals surface area contributed by atoms with Crippen LogP contribution in [0.1, 0.15) is 319 Å². The fourth-order valence-corrected chi connectivity index (χ4v) is 24.2. The lowest BCUT2D eigenvalue weighted by Crippen LogP contribution is -2.14. The van der Waals surface area contributed by atoms with E-state index in [2.05, 4.69) is 66.4 Å². The van der Waals surface area contributed by atoms with Gasteiger partial charge in [-0.3, -0.25) is 9.59 Å². The monoisotopic (exact) mass is 1550 g/mol. The zero-order chi connectivity index (χ0) is 76.1. The van der Waals surface area contributed by atoms with Gasteiger partial charge in [0.25, 0.3) is 0 Å². The predicted molar refractivity (Wildman–Crippen MR) is 450 cm³/mol. The molecule has 3 atom stereocenters. The van der Waals surface area contributed by atoms with Crippen molar-refractivity contribution in [2.75, 3.05) is 0 Å². The number of aryl methyl sites for hydroxylation is 2. The highest BCUT2D eigenvalue weighted by atomic mass is 32.1. The first kappa shape index (κ1) is 80.7. The van der Waals surface area contributed by atoms with E-state index in [0.717, 1.165) is 234 Å². The molecule has 0 fully saturated rings. The Balaban J connectivity index is 1.14. The molecule has 18 heteroatoms. The third-order valence-corrected chi connectivity index (χ3v) is 29.1. The van der Waals surface area contributed by atoms with E-state index in [1.807, 2.05) is 28.7 Å². The predicted octanol–water partition coefficient (Wildman–Crippen LogP) is 29.9. The minimum Gasteiger partial charge on any atom is -0.337 e. The average molecular weight is 1560 g/mol. The highest BCUT2D eigenvalue weighted by molar-refractivity contribution is 7.34. The van der Waals surface area contributed by atoms with Crippen molar-refractivity contribution in [1.29, 1.82) is 5.26 Å². The number of nitrogens with zero attached hydrogens (tertiary/aromatic N) is 7. The first-order valence-electron chi connectivity index (χ1n) is 41.1. The van der Waals surface area contributed by atoms with E-state index in [1.54, 1.807) is 29.6 Å². The molecule has 7 aromatic heterocycles. The second-order valence-corrected chi connectivity index (χ2v) is 35.8. The second kappa shape index (κ2) is 37.9. The van der Waals surface area contributed by atoms with Gasteiger partial charge in [0, 0.05) is 61.5 Å². The molecule has 3 unspecified atom stereocenters. The summed E-state index contributed by atoms with van der Waals surface area (Å²) in [6, 6.07) is 6.30. The maximum Gasteiger partial charge on any atom is 0.523 e. The summed E-state index contributed by atoms with van der Waals surface area (Å²) >= 11 is 8.34. The van der Waals surface area contributed by atoms with E-state index < -0.39 is 40.8 Å². The molecular weight excluding hydrogens is 1450 g/mol. The number of fused-ring (bicyclic) bond motifs is 16. The number of carbonyl (C=O) groups is 2. The van der Waals surface area contributed by atoms with Crippen molar-refractivity contribution >= 4 is 158 Å². The minimum atomic E-state index is -1.14. The Bertz CT molecular complexity index is 5140. The first-order chi connectivity index (χ1) is 52.7. The van der Waals surface area contributed by atoms with Gasteiger partial charge in [-0.2, -0.15) is 23.7 Å². The number of allylic oxidation sites excluding steroid dienone is 4. The first-order valence-corrected chi connectivity index (χ1v) is 45.1. The molecule has 0 spiro atoms. The van der Waals surface area contributed by atoms with Gasteiger partial charge in [0.05, 0.1) is 79.6 Å². The maximum atomic E-state index is 15.4. The van der Waals surface area contributed by atoms with Crippen molar-refractivity contribution < 1.29 is 27.2 Å². The molecule has 572 valence electrons. The average Bonchev–Trinajstić information content (AvgIpc) is 1.50. The van der Waals surface area contributed by atoms with Crippen molar-refractivity contribution in [1.82, 2.24) is 17.9 Å². The number of halogens is 4. The lowest BCUT2D eigenvalue weighted by Gasteiger charge is -2.22. The van der Waals surface area contributed by atoms with Crippen molar-refractivity contribution in [2.45, 2.75) is 299 Å². The summed E-state index contributed by atoms with van der Waals surface area (Å²) in [7, 11) is 0. The molecule has 0 amide bonds. The SMILES string of the molecule is [C-]#[N+]C([N+]#[C-])=C1c2cc(F)c(F)cc2C(=O)C1Cc1sc2c(sc3c4c5nsnc5c5c6sc7c(CCCCCCCCCCC)c(/C=C8\C(=O)c9cc(F)c(F)cc9\C8=C(/C)C#N)sc7c6n(CC(CCCC)CCCCCC)c5c4n(CC(CCCC)CCCCCC)c23)c1CCCCCCCCCCC. The van der Waals surface area contributed by atoms with Crippen LogP contribution in [0.3, 0.4) is 0 Å². The van der Waals surface area contributed by atoms with Crippen LogP contribution in [0.15, 0.2) is 41.2 Å². The van der Waals surface area contributed by atoms with Gasteiger partial charge in [-0.05, 0) is 129 Å². The van der Waals surface area contributed by atoms with E-state index >= 15 is 17.6 Å². The number of nitriles is 1. The Labute approximate surface area is 656 Å². The van der Waals surface area contributed by atoms with E-state index in [0.29, 0.717) is 17.4 Å². The van der Waals surface area contributed by atoms with Gasteiger partial charge < -0.3 is 9.13 Å². The molecule has 0 radical (unpaired) electrons. The largest absolute Gasteiger partial charge is 0.523 e. The normalized spacial score (nSPS) is 15.3. The molecule has 12 rings (SSSR count). The Morgan fingerprint density at radius 1 is 0.509 bits per heavy atom. The number of carbonyl (C=O) groups excluding carboxylic acids is 2. The van der Waals surface area contributed by atoms with Crippen LogP contribution in [0.4, 0.5) is 17.6 Å². The molecule has 7 heterocycles.